The monoisotopic (exact) mass is 241 g/mol. The van der Waals surface area contributed by atoms with Gasteiger partial charge in [-0.25, -0.2) is 8.42 Å². The number of sulfone groups is 1. The Morgan fingerprint density at radius 1 is 1.31 bits per heavy atom. The Hall–Kier alpha value is -1.23. The van der Waals surface area contributed by atoms with Crippen molar-refractivity contribution in [3.05, 3.63) is 30.1 Å². The summed E-state index contributed by atoms with van der Waals surface area (Å²) < 4.78 is 21.7. The molecule has 1 rings (SSSR count). The summed E-state index contributed by atoms with van der Waals surface area (Å²) in [6.07, 6.45) is 5.53. The van der Waals surface area contributed by atoms with E-state index in [1.54, 1.807) is 24.5 Å². The first-order valence-electron chi connectivity index (χ1n) is 5.06. The normalized spacial score (nSPS) is 11.3. The van der Waals surface area contributed by atoms with Crippen LogP contribution < -0.4 is 0 Å². The zero-order valence-corrected chi connectivity index (χ0v) is 10.0. The molecule has 5 heteroatoms. The molecule has 0 saturated carbocycles. The van der Waals surface area contributed by atoms with Gasteiger partial charge < -0.3 is 0 Å². The number of carbonyl (C=O) groups excluding carboxylic acids is 1. The van der Waals surface area contributed by atoms with E-state index < -0.39 is 9.84 Å². The minimum atomic E-state index is -2.95. The molecule has 0 bridgehead atoms. The van der Waals surface area contributed by atoms with Crippen molar-refractivity contribution in [2.24, 2.45) is 0 Å². The van der Waals surface area contributed by atoms with Crippen LogP contribution in [0.25, 0.3) is 0 Å². The Morgan fingerprint density at radius 3 is 2.50 bits per heavy atom. The van der Waals surface area contributed by atoms with Crippen LogP contribution in [0.2, 0.25) is 0 Å². The highest BCUT2D eigenvalue weighted by atomic mass is 32.2. The van der Waals surface area contributed by atoms with Crippen molar-refractivity contribution in [3.8, 4) is 0 Å². The summed E-state index contributed by atoms with van der Waals surface area (Å²) in [6.45, 7) is 0. The predicted octanol–water partition coefficient (Wildman–Crippen LogP) is 1.02. The molecule has 0 aliphatic rings. The fourth-order valence-corrected chi connectivity index (χ4v) is 2.02. The van der Waals surface area contributed by atoms with Crippen LogP contribution in [0.5, 0.6) is 0 Å². The number of carbonyl (C=O) groups is 1. The summed E-state index contributed by atoms with van der Waals surface area (Å²) in [4.78, 5) is 15.3. The fraction of sp³-hybridized carbons (Fsp3) is 0.455. The van der Waals surface area contributed by atoms with Crippen LogP contribution in [0.15, 0.2) is 24.5 Å². The smallest absolute Gasteiger partial charge is 0.147 e. The van der Waals surface area contributed by atoms with Crippen LogP contribution >= 0.6 is 0 Å². The van der Waals surface area contributed by atoms with E-state index in [0.717, 1.165) is 5.56 Å². The summed E-state index contributed by atoms with van der Waals surface area (Å²) in [5.74, 6) is 0.143. The number of hydrogen-bond acceptors (Lipinski definition) is 4. The molecule has 0 amide bonds. The van der Waals surface area contributed by atoms with Gasteiger partial charge in [-0.3, -0.25) is 9.78 Å². The third kappa shape index (κ3) is 5.60. The average molecular weight is 241 g/mol. The maximum atomic E-state index is 11.5. The highest BCUT2D eigenvalue weighted by Crippen LogP contribution is 2.03. The third-order valence-corrected chi connectivity index (χ3v) is 3.15. The van der Waals surface area contributed by atoms with Gasteiger partial charge in [-0.2, -0.15) is 0 Å². The minimum Gasteiger partial charge on any atom is -0.299 e. The number of nitrogens with zero attached hydrogens (tertiary/aromatic N) is 1. The lowest BCUT2D eigenvalue weighted by molar-refractivity contribution is -0.118. The number of ketones is 1. The van der Waals surface area contributed by atoms with Crippen LogP contribution in [0.3, 0.4) is 0 Å². The van der Waals surface area contributed by atoms with Crippen LogP contribution in [-0.4, -0.2) is 31.2 Å². The lowest BCUT2D eigenvalue weighted by Gasteiger charge is -2.00. The van der Waals surface area contributed by atoms with Crippen molar-refractivity contribution in [1.82, 2.24) is 4.98 Å². The highest BCUT2D eigenvalue weighted by Gasteiger charge is 2.06. The van der Waals surface area contributed by atoms with Crippen LogP contribution in [0.4, 0.5) is 0 Å². The molecule has 16 heavy (non-hydrogen) atoms. The van der Waals surface area contributed by atoms with Gasteiger partial charge in [-0.1, -0.05) is 0 Å². The molecule has 0 aliphatic heterocycles. The molecule has 0 aromatic carbocycles. The van der Waals surface area contributed by atoms with Gasteiger partial charge in [0.05, 0.1) is 5.75 Å². The van der Waals surface area contributed by atoms with E-state index in [1.807, 2.05) is 0 Å². The molecule has 1 heterocycles. The molecular formula is C11H15NO3S. The Balaban J connectivity index is 2.32. The molecule has 0 spiro atoms. The zero-order valence-electron chi connectivity index (χ0n) is 9.22. The number of aromatic nitrogens is 1. The standard InChI is InChI=1S/C11H15NO3S/c1-16(14,15)8-2-3-11(13)9-10-4-6-12-7-5-10/h4-7H,2-3,8-9H2,1H3. The topological polar surface area (TPSA) is 64.1 Å². The molecule has 1 aromatic heterocycles. The molecule has 0 aliphatic carbocycles. The fourth-order valence-electron chi connectivity index (χ4n) is 1.35. The summed E-state index contributed by atoms with van der Waals surface area (Å²) in [7, 11) is -2.95. The highest BCUT2D eigenvalue weighted by molar-refractivity contribution is 7.90. The van der Waals surface area contributed by atoms with Crippen LogP contribution in [0.1, 0.15) is 18.4 Å². The molecule has 0 atom stereocenters. The van der Waals surface area contributed by atoms with E-state index in [0.29, 0.717) is 19.3 Å². The second-order valence-corrected chi connectivity index (χ2v) is 6.06. The Labute approximate surface area is 95.6 Å². The molecule has 0 unspecified atom stereocenters. The Kier molecular flexibility index (Phi) is 4.61. The Bertz CT molecular complexity index is 440. The van der Waals surface area contributed by atoms with Gasteiger partial charge in [-0.05, 0) is 24.1 Å². The van der Waals surface area contributed by atoms with Gasteiger partial charge in [-0.15, -0.1) is 0 Å². The molecule has 0 fully saturated rings. The molecule has 0 saturated heterocycles. The van der Waals surface area contributed by atoms with Crippen molar-refractivity contribution in [2.75, 3.05) is 12.0 Å². The maximum absolute atomic E-state index is 11.5. The first-order valence-corrected chi connectivity index (χ1v) is 7.12. The summed E-state index contributed by atoms with van der Waals surface area (Å²) in [5.41, 5.74) is 0.916. The van der Waals surface area contributed by atoms with E-state index in [-0.39, 0.29) is 11.5 Å². The lowest BCUT2D eigenvalue weighted by Crippen LogP contribution is -2.08. The first-order chi connectivity index (χ1) is 7.47. The maximum Gasteiger partial charge on any atom is 0.147 e. The Morgan fingerprint density at radius 2 is 1.94 bits per heavy atom. The minimum absolute atomic E-state index is 0.0647. The number of Topliss-reactive ketones (excluding diaryl/α,β-unsaturated/α-hetero) is 1. The summed E-state index contributed by atoms with van der Waals surface area (Å²) in [5, 5.41) is 0. The van der Waals surface area contributed by atoms with E-state index >= 15 is 0 Å². The average Bonchev–Trinajstić information content (AvgIpc) is 2.17. The predicted molar refractivity (Wildman–Crippen MR) is 61.9 cm³/mol. The van der Waals surface area contributed by atoms with Crippen molar-refractivity contribution in [1.29, 1.82) is 0 Å². The SMILES string of the molecule is CS(=O)(=O)CCCC(=O)Cc1ccncc1. The second kappa shape index (κ2) is 5.75. The zero-order chi connectivity index (χ0) is 12.0. The van der Waals surface area contributed by atoms with E-state index in [1.165, 1.54) is 6.26 Å². The van der Waals surface area contributed by atoms with Gasteiger partial charge >= 0.3 is 0 Å². The molecule has 88 valence electrons. The van der Waals surface area contributed by atoms with E-state index in [9.17, 15) is 13.2 Å². The van der Waals surface area contributed by atoms with Crippen LogP contribution in [-0.2, 0) is 21.1 Å². The summed E-state index contributed by atoms with van der Waals surface area (Å²) >= 11 is 0. The van der Waals surface area contributed by atoms with Crippen molar-refractivity contribution >= 4 is 15.6 Å². The van der Waals surface area contributed by atoms with Gasteiger partial charge in [0, 0.05) is 31.5 Å². The van der Waals surface area contributed by atoms with Crippen molar-refractivity contribution < 1.29 is 13.2 Å². The quantitative estimate of drug-likeness (QED) is 0.746. The molecule has 0 N–H and O–H groups in total. The van der Waals surface area contributed by atoms with Gasteiger partial charge in [0.25, 0.3) is 0 Å². The summed E-state index contributed by atoms with van der Waals surface area (Å²) in [6, 6.07) is 3.57. The lowest BCUT2D eigenvalue weighted by atomic mass is 10.1. The van der Waals surface area contributed by atoms with Crippen molar-refractivity contribution in [2.45, 2.75) is 19.3 Å². The molecular weight excluding hydrogens is 226 g/mol. The van der Waals surface area contributed by atoms with Gasteiger partial charge in [0.15, 0.2) is 0 Å². The second-order valence-electron chi connectivity index (χ2n) is 3.80. The third-order valence-electron chi connectivity index (χ3n) is 2.12. The molecule has 0 radical (unpaired) electrons. The molecule has 1 aromatic rings. The van der Waals surface area contributed by atoms with Gasteiger partial charge in [0.1, 0.15) is 15.6 Å². The molecule has 4 nitrogen and oxygen atoms in total. The first kappa shape index (κ1) is 12.8. The number of rotatable bonds is 6. The van der Waals surface area contributed by atoms with Gasteiger partial charge in [0.2, 0.25) is 0 Å². The number of hydrogen-bond donors (Lipinski definition) is 0. The van der Waals surface area contributed by atoms with E-state index in [4.69, 9.17) is 0 Å². The number of pyridine rings is 1. The van der Waals surface area contributed by atoms with Crippen molar-refractivity contribution in [3.63, 3.8) is 0 Å². The van der Waals surface area contributed by atoms with E-state index in [2.05, 4.69) is 4.98 Å². The van der Waals surface area contributed by atoms with Crippen LogP contribution in [0, 0.1) is 0 Å². The largest absolute Gasteiger partial charge is 0.299 e.